The van der Waals surface area contributed by atoms with E-state index in [1.54, 1.807) is 30.3 Å². The smallest absolute Gasteiger partial charge is 0.325 e. The van der Waals surface area contributed by atoms with Crippen molar-refractivity contribution >= 4 is 57.9 Å². The maximum absolute atomic E-state index is 12.6. The molecule has 2 aromatic carbocycles. The molecule has 1 fully saturated rings. The standard InChI is InChI=1S/C21H18ClNO5S2/c1-26-17-9-13(7-8-16(17)28-12-14-5-3-4-6-15(14)22)10-18-20(25)23(21(29)30-18)11-19(24)27-2/h3-10H,11-12H2,1-2H3/b18-10+. The molecule has 0 bridgehead atoms. The lowest BCUT2D eigenvalue weighted by molar-refractivity contribution is -0.143. The minimum Gasteiger partial charge on any atom is -0.493 e. The second kappa shape index (κ2) is 9.97. The lowest BCUT2D eigenvalue weighted by Gasteiger charge is -2.12. The second-order valence-corrected chi connectivity index (χ2v) is 8.22. The van der Waals surface area contributed by atoms with Gasteiger partial charge < -0.3 is 14.2 Å². The number of rotatable bonds is 7. The number of ether oxygens (including phenoxy) is 3. The molecule has 30 heavy (non-hydrogen) atoms. The van der Waals surface area contributed by atoms with Gasteiger partial charge in [0.15, 0.2) is 11.5 Å². The van der Waals surface area contributed by atoms with Crippen LogP contribution < -0.4 is 9.47 Å². The fraction of sp³-hybridized carbons (Fsp3) is 0.190. The quantitative estimate of drug-likeness (QED) is 0.344. The summed E-state index contributed by atoms with van der Waals surface area (Å²) in [5.41, 5.74) is 1.59. The summed E-state index contributed by atoms with van der Waals surface area (Å²) < 4.78 is 16.2. The van der Waals surface area contributed by atoms with E-state index >= 15 is 0 Å². The summed E-state index contributed by atoms with van der Waals surface area (Å²) in [7, 11) is 2.80. The Morgan fingerprint density at radius 3 is 2.67 bits per heavy atom. The third-order valence-electron chi connectivity index (χ3n) is 4.21. The van der Waals surface area contributed by atoms with Gasteiger partial charge in [-0.2, -0.15) is 0 Å². The molecular weight excluding hydrogens is 446 g/mol. The van der Waals surface area contributed by atoms with Crippen LogP contribution in [0.15, 0.2) is 47.4 Å². The third-order valence-corrected chi connectivity index (χ3v) is 5.96. The molecule has 0 aliphatic carbocycles. The number of hydrogen-bond acceptors (Lipinski definition) is 7. The van der Waals surface area contributed by atoms with Gasteiger partial charge in [0.05, 0.1) is 19.1 Å². The minimum absolute atomic E-state index is 0.212. The number of halogens is 1. The van der Waals surface area contributed by atoms with Crippen LogP contribution in [0.4, 0.5) is 0 Å². The Balaban J connectivity index is 1.76. The number of amides is 1. The number of thiocarbonyl (C=S) groups is 1. The van der Waals surface area contributed by atoms with E-state index in [1.807, 2.05) is 18.2 Å². The monoisotopic (exact) mass is 463 g/mol. The summed E-state index contributed by atoms with van der Waals surface area (Å²) in [6, 6.07) is 12.8. The first-order chi connectivity index (χ1) is 14.4. The van der Waals surface area contributed by atoms with E-state index in [9.17, 15) is 9.59 Å². The Hall–Kier alpha value is -2.55. The van der Waals surface area contributed by atoms with Crippen LogP contribution in [-0.4, -0.2) is 41.9 Å². The number of carbonyl (C=O) groups is 2. The lowest BCUT2D eigenvalue weighted by atomic mass is 10.1. The van der Waals surface area contributed by atoms with E-state index in [0.29, 0.717) is 32.4 Å². The molecule has 0 atom stereocenters. The number of benzene rings is 2. The van der Waals surface area contributed by atoms with E-state index in [4.69, 9.17) is 33.3 Å². The topological polar surface area (TPSA) is 65.1 Å². The first-order valence-corrected chi connectivity index (χ1v) is 10.4. The van der Waals surface area contributed by atoms with Crippen molar-refractivity contribution in [2.45, 2.75) is 6.61 Å². The van der Waals surface area contributed by atoms with Gasteiger partial charge in [0.25, 0.3) is 5.91 Å². The van der Waals surface area contributed by atoms with E-state index in [1.165, 1.54) is 19.1 Å². The molecule has 0 radical (unpaired) electrons. The molecule has 156 valence electrons. The number of carbonyl (C=O) groups excluding carboxylic acids is 2. The van der Waals surface area contributed by atoms with Crippen molar-refractivity contribution in [1.29, 1.82) is 0 Å². The van der Waals surface area contributed by atoms with Crippen molar-refractivity contribution < 1.29 is 23.8 Å². The SMILES string of the molecule is COC(=O)CN1C(=O)/C(=C\c2ccc(OCc3ccccc3Cl)c(OC)c2)SC1=S. The number of hydrogen-bond donors (Lipinski definition) is 0. The highest BCUT2D eigenvalue weighted by molar-refractivity contribution is 8.26. The highest BCUT2D eigenvalue weighted by atomic mass is 35.5. The van der Waals surface area contributed by atoms with Crippen molar-refractivity contribution in [3.63, 3.8) is 0 Å². The molecule has 1 amide bonds. The summed E-state index contributed by atoms with van der Waals surface area (Å²) in [5.74, 6) is 0.191. The highest BCUT2D eigenvalue weighted by Gasteiger charge is 2.33. The molecule has 6 nitrogen and oxygen atoms in total. The molecular formula is C21H18ClNO5S2. The fourth-order valence-corrected chi connectivity index (χ4v) is 4.09. The van der Waals surface area contributed by atoms with E-state index < -0.39 is 5.97 Å². The summed E-state index contributed by atoms with van der Waals surface area (Å²) in [6.07, 6.45) is 1.69. The van der Waals surface area contributed by atoms with Crippen LogP contribution in [0.1, 0.15) is 11.1 Å². The van der Waals surface area contributed by atoms with Gasteiger partial charge in [-0.3, -0.25) is 14.5 Å². The molecule has 9 heteroatoms. The Morgan fingerprint density at radius 2 is 1.97 bits per heavy atom. The van der Waals surface area contributed by atoms with Crippen LogP contribution >= 0.6 is 35.6 Å². The van der Waals surface area contributed by atoms with Crippen molar-refractivity contribution in [1.82, 2.24) is 4.90 Å². The molecule has 0 spiro atoms. The maximum atomic E-state index is 12.6. The molecule has 1 aliphatic rings. The Labute approximate surface area is 188 Å². The lowest BCUT2D eigenvalue weighted by Crippen LogP contribution is -2.33. The van der Waals surface area contributed by atoms with E-state index in [2.05, 4.69) is 4.74 Å². The molecule has 0 N–H and O–H groups in total. The van der Waals surface area contributed by atoms with Gasteiger partial charge in [0.2, 0.25) is 0 Å². The van der Waals surface area contributed by atoms with Gasteiger partial charge in [-0.25, -0.2) is 0 Å². The summed E-state index contributed by atoms with van der Waals surface area (Å²) >= 11 is 12.5. The number of thioether (sulfide) groups is 1. The molecule has 1 heterocycles. The van der Waals surface area contributed by atoms with Gasteiger partial charge in [-0.05, 0) is 29.8 Å². The van der Waals surface area contributed by atoms with Crippen LogP contribution in [0.2, 0.25) is 5.02 Å². The minimum atomic E-state index is -0.533. The van der Waals surface area contributed by atoms with Crippen LogP contribution in [0, 0.1) is 0 Å². The van der Waals surface area contributed by atoms with Crippen molar-refractivity contribution in [3.05, 3.63) is 63.5 Å². The van der Waals surface area contributed by atoms with Crippen molar-refractivity contribution in [2.75, 3.05) is 20.8 Å². The summed E-state index contributed by atoms with van der Waals surface area (Å²) in [4.78, 5) is 25.7. The van der Waals surface area contributed by atoms with E-state index in [0.717, 1.165) is 22.9 Å². The van der Waals surface area contributed by atoms with Gasteiger partial charge in [0.1, 0.15) is 17.5 Å². The van der Waals surface area contributed by atoms with Crippen LogP contribution in [0.5, 0.6) is 11.5 Å². The Bertz CT molecular complexity index is 1020. The predicted molar refractivity (Wildman–Crippen MR) is 121 cm³/mol. The maximum Gasteiger partial charge on any atom is 0.325 e. The molecule has 0 aromatic heterocycles. The Morgan fingerprint density at radius 1 is 1.20 bits per heavy atom. The zero-order valence-corrected chi connectivity index (χ0v) is 18.6. The molecule has 1 aliphatic heterocycles. The first kappa shape index (κ1) is 22.1. The first-order valence-electron chi connectivity index (χ1n) is 8.79. The van der Waals surface area contributed by atoms with E-state index in [-0.39, 0.29) is 12.5 Å². The van der Waals surface area contributed by atoms with Gasteiger partial charge in [-0.1, -0.05) is 59.8 Å². The molecule has 0 unspecified atom stereocenters. The zero-order chi connectivity index (χ0) is 21.7. The molecule has 2 aromatic rings. The highest BCUT2D eigenvalue weighted by Crippen LogP contribution is 2.35. The Kier molecular flexibility index (Phi) is 7.36. The predicted octanol–water partition coefficient (Wildman–Crippen LogP) is 4.30. The largest absolute Gasteiger partial charge is 0.493 e. The molecule has 3 rings (SSSR count). The van der Waals surface area contributed by atoms with Gasteiger partial charge >= 0.3 is 5.97 Å². The van der Waals surface area contributed by atoms with Crippen LogP contribution in [-0.2, 0) is 20.9 Å². The second-order valence-electron chi connectivity index (χ2n) is 6.13. The van der Waals surface area contributed by atoms with Crippen molar-refractivity contribution in [2.24, 2.45) is 0 Å². The zero-order valence-electron chi connectivity index (χ0n) is 16.2. The number of esters is 1. The normalized spacial score (nSPS) is 14.9. The molecule has 0 saturated carbocycles. The van der Waals surface area contributed by atoms with Crippen LogP contribution in [0.25, 0.3) is 6.08 Å². The summed E-state index contributed by atoms with van der Waals surface area (Å²) in [6.45, 7) is 0.0816. The fourth-order valence-electron chi connectivity index (χ4n) is 2.65. The average Bonchev–Trinajstić information content (AvgIpc) is 3.00. The number of methoxy groups -OCH3 is 2. The van der Waals surface area contributed by atoms with Gasteiger partial charge in [-0.15, -0.1) is 0 Å². The number of nitrogens with zero attached hydrogens (tertiary/aromatic N) is 1. The van der Waals surface area contributed by atoms with Gasteiger partial charge in [0, 0.05) is 10.6 Å². The summed E-state index contributed by atoms with van der Waals surface area (Å²) in [5, 5.41) is 0.627. The van der Waals surface area contributed by atoms with Crippen LogP contribution in [0.3, 0.4) is 0 Å². The molecule has 1 saturated heterocycles. The average molecular weight is 464 g/mol. The third kappa shape index (κ3) is 5.13. The van der Waals surface area contributed by atoms with Crippen molar-refractivity contribution in [3.8, 4) is 11.5 Å².